The van der Waals surface area contributed by atoms with Crippen molar-refractivity contribution in [2.45, 2.75) is 13.5 Å². The minimum absolute atomic E-state index is 0.0769. The highest BCUT2D eigenvalue weighted by molar-refractivity contribution is 5.33. The molecule has 0 atom stereocenters. The third-order valence-electron chi connectivity index (χ3n) is 1.43. The molecule has 3 nitrogen and oxygen atoms in total. The molecule has 0 amide bonds. The van der Waals surface area contributed by atoms with Gasteiger partial charge in [-0.05, 0) is 13.0 Å². The molecule has 0 saturated heterocycles. The second-order valence-electron chi connectivity index (χ2n) is 2.36. The van der Waals surface area contributed by atoms with E-state index in [-0.39, 0.29) is 5.56 Å². The standard InChI is InChI=1S/C9H10N2O/c1-2-3-6-11-7-8(10)4-5-9(11)12/h4-5,7H,6,10H2,1H3. The molecular formula is C9H10N2O. The molecule has 1 rings (SSSR count). The summed E-state index contributed by atoms with van der Waals surface area (Å²) in [6.07, 6.45) is 1.59. The quantitative estimate of drug-likeness (QED) is 0.609. The average molecular weight is 162 g/mol. The van der Waals surface area contributed by atoms with Gasteiger partial charge in [0.2, 0.25) is 0 Å². The molecule has 0 radical (unpaired) electrons. The predicted molar refractivity (Wildman–Crippen MR) is 48.6 cm³/mol. The van der Waals surface area contributed by atoms with Crippen LogP contribution in [-0.4, -0.2) is 4.57 Å². The molecule has 0 unspecified atom stereocenters. The molecule has 62 valence electrons. The van der Waals surface area contributed by atoms with Crippen molar-refractivity contribution in [3.8, 4) is 11.8 Å². The van der Waals surface area contributed by atoms with Crippen LogP contribution in [0.3, 0.4) is 0 Å². The van der Waals surface area contributed by atoms with Crippen molar-refractivity contribution in [3.05, 3.63) is 28.7 Å². The number of rotatable bonds is 1. The Kier molecular flexibility index (Phi) is 2.54. The Morgan fingerprint density at radius 3 is 3.00 bits per heavy atom. The minimum atomic E-state index is -0.0769. The minimum Gasteiger partial charge on any atom is -0.398 e. The lowest BCUT2D eigenvalue weighted by Crippen LogP contribution is -2.18. The second-order valence-corrected chi connectivity index (χ2v) is 2.36. The highest BCUT2D eigenvalue weighted by Gasteiger charge is 1.92. The molecule has 12 heavy (non-hydrogen) atoms. The molecule has 0 aliphatic carbocycles. The van der Waals surface area contributed by atoms with Crippen LogP contribution in [-0.2, 0) is 6.54 Å². The van der Waals surface area contributed by atoms with Gasteiger partial charge in [-0.2, -0.15) is 0 Å². The first-order chi connectivity index (χ1) is 5.74. The number of hydrogen-bond donors (Lipinski definition) is 1. The van der Waals surface area contributed by atoms with Gasteiger partial charge >= 0.3 is 0 Å². The summed E-state index contributed by atoms with van der Waals surface area (Å²) in [4.78, 5) is 11.1. The van der Waals surface area contributed by atoms with E-state index in [0.717, 1.165) is 0 Å². The third kappa shape index (κ3) is 1.89. The van der Waals surface area contributed by atoms with Crippen LogP contribution in [0.2, 0.25) is 0 Å². The lowest BCUT2D eigenvalue weighted by molar-refractivity contribution is 0.798. The van der Waals surface area contributed by atoms with Crippen molar-refractivity contribution in [1.82, 2.24) is 4.57 Å². The van der Waals surface area contributed by atoms with Crippen LogP contribution in [0.25, 0.3) is 0 Å². The number of anilines is 1. The maximum atomic E-state index is 11.1. The highest BCUT2D eigenvalue weighted by atomic mass is 16.1. The topological polar surface area (TPSA) is 48.0 Å². The third-order valence-corrected chi connectivity index (χ3v) is 1.43. The van der Waals surface area contributed by atoms with Gasteiger partial charge in [0.25, 0.3) is 5.56 Å². The molecular weight excluding hydrogens is 152 g/mol. The van der Waals surface area contributed by atoms with Gasteiger partial charge in [0.15, 0.2) is 0 Å². The van der Waals surface area contributed by atoms with E-state index in [4.69, 9.17) is 5.73 Å². The van der Waals surface area contributed by atoms with Gasteiger partial charge in [0.05, 0.1) is 6.54 Å². The van der Waals surface area contributed by atoms with Gasteiger partial charge in [0, 0.05) is 18.0 Å². The Balaban J connectivity index is 3.03. The summed E-state index contributed by atoms with van der Waals surface area (Å²) in [7, 11) is 0. The van der Waals surface area contributed by atoms with Crippen LogP contribution in [0.5, 0.6) is 0 Å². The summed E-state index contributed by atoms with van der Waals surface area (Å²) in [6, 6.07) is 3.02. The van der Waals surface area contributed by atoms with Crippen molar-refractivity contribution in [3.63, 3.8) is 0 Å². The van der Waals surface area contributed by atoms with E-state index in [0.29, 0.717) is 12.2 Å². The van der Waals surface area contributed by atoms with Gasteiger partial charge in [-0.3, -0.25) is 4.79 Å². The monoisotopic (exact) mass is 162 g/mol. The number of nitrogen functional groups attached to an aromatic ring is 1. The van der Waals surface area contributed by atoms with Crippen molar-refractivity contribution in [2.24, 2.45) is 0 Å². The van der Waals surface area contributed by atoms with Gasteiger partial charge in [-0.25, -0.2) is 0 Å². The van der Waals surface area contributed by atoms with Crippen LogP contribution in [0.15, 0.2) is 23.1 Å². The summed E-state index contributed by atoms with van der Waals surface area (Å²) in [5.41, 5.74) is 5.99. The van der Waals surface area contributed by atoms with E-state index in [2.05, 4.69) is 11.8 Å². The van der Waals surface area contributed by atoms with E-state index >= 15 is 0 Å². The van der Waals surface area contributed by atoms with Gasteiger partial charge in [0.1, 0.15) is 0 Å². The van der Waals surface area contributed by atoms with Crippen LogP contribution in [0, 0.1) is 11.8 Å². The SMILES string of the molecule is CC#CCn1cc(N)ccc1=O. The predicted octanol–water partition coefficient (Wildman–Crippen LogP) is 0.454. The Bertz CT molecular complexity index is 381. The first-order valence-corrected chi connectivity index (χ1v) is 3.59. The largest absolute Gasteiger partial charge is 0.398 e. The molecule has 0 bridgehead atoms. The van der Waals surface area contributed by atoms with E-state index in [1.165, 1.54) is 10.6 Å². The fourth-order valence-electron chi connectivity index (χ4n) is 0.838. The van der Waals surface area contributed by atoms with Crippen LogP contribution in [0.4, 0.5) is 5.69 Å². The molecule has 2 N–H and O–H groups in total. The molecule has 0 saturated carbocycles. The number of aromatic nitrogens is 1. The van der Waals surface area contributed by atoms with Crippen molar-refractivity contribution in [2.75, 3.05) is 5.73 Å². The zero-order valence-corrected chi connectivity index (χ0v) is 6.87. The molecule has 0 aliphatic heterocycles. The van der Waals surface area contributed by atoms with E-state index in [1.54, 1.807) is 19.2 Å². The molecule has 0 fully saturated rings. The van der Waals surface area contributed by atoms with Crippen molar-refractivity contribution >= 4 is 5.69 Å². The maximum absolute atomic E-state index is 11.1. The number of nitrogens with zero attached hydrogens (tertiary/aromatic N) is 1. The molecule has 1 aromatic rings. The summed E-state index contributed by atoms with van der Waals surface area (Å²) >= 11 is 0. The number of nitrogens with two attached hydrogens (primary N) is 1. The first-order valence-electron chi connectivity index (χ1n) is 3.59. The van der Waals surface area contributed by atoms with Crippen LogP contribution < -0.4 is 11.3 Å². The fraction of sp³-hybridized carbons (Fsp3) is 0.222. The summed E-state index contributed by atoms with van der Waals surface area (Å²) in [6.45, 7) is 2.14. The Morgan fingerprint density at radius 2 is 2.33 bits per heavy atom. The fourth-order valence-corrected chi connectivity index (χ4v) is 0.838. The zero-order chi connectivity index (χ0) is 8.97. The van der Waals surface area contributed by atoms with E-state index < -0.39 is 0 Å². The van der Waals surface area contributed by atoms with E-state index in [1.807, 2.05) is 0 Å². The normalized spacial score (nSPS) is 8.75. The molecule has 1 heterocycles. The average Bonchev–Trinajstić information content (AvgIpc) is 2.07. The van der Waals surface area contributed by atoms with Crippen molar-refractivity contribution < 1.29 is 0 Å². The van der Waals surface area contributed by atoms with Crippen molar-refractivity contribution in [1.29, 1.82) is 0 Å². The zero-order valence-electron chi connectivity index (χ0n) is 6.87. The van der Waals surface area contributed by atoms with E-state index in [9.17, 15) is 4.79 Å². The molecule has 3 heteroatoms. The summed E-state index contributed by atoms with van der Waals surface area (Å²) in [5.74, 6) is 5.50. The molecule has 0 aromatic carbocycles. The lowest BCUT2D eigenvalue weighted by Gasteiger charge is -1.99. The lowest BCUT2D eigenvalue weighted by atomic mass is 10.4. The summed E-state index contributed by atoms with van der Waals surface area (Å²) in [5, 5.41) is 0. The highest BCUT2D eigenvalue weighted by Crippen LogP contribution is 1.94. The Morgan fingerprint density at radius 1 is 1.58 bits per heavy atom. The molecule has 0 spiro atoms. The Labute approximate surface area is 70.8 Å². The number of hydrogen-bond acceptors (Lipinski definition) is 2. The van der Waals surface area contributed by atoms with Gasteiger partial charge in [-0.15, -0.1) is 5.92 Å². The smallest absolute Gasteiger partial charge is 0.251 e. The second kappa shape index (κ2) is 3.63. The van der Waals surface area contributed by atoms with Gasteiger partial charge in [-0.1, -0.05) is 5.92 Å². The van der Waals surface area contributed by atoms with Crippen LogP contribution >= 0.6 is 0 Å². The first kappa shape index (κ1) is 8.41. The molecule has 0 aliphatic rings. The maximum Gasteiger partial charge on any atom is 0.251 e. The molecule has 1 aromatic heterocycles. The summed E-state index contributed by atoms with van der Waals surface area (Å²) < 4.78 is 1.48. The van der Waals surface area contributed by atoms with Gasteiger partial charge < -0.3 is 10.3 Å². The van der Waals surface area contributed by atoms with Crippen LogP contribution in [0.1, 0.15) is 6.92 Å². The Hall–Kier alpha value is -1.69. The number of pyridine rings is 1.